The number of aliphatic hydroxyl groups excluding tert-OH is 1. The zero-order valence-electron chi connectivity index (χ0n) is 14.7. The van der Waals surface area contributed by atoms with Crippen LogP contribution < -0.4 is 5.69 Å². The van der Waals surface area contributed by atoms with Crippen LogP contribution in [-0.4, -0.2) is 36.9 Å². The van der Waals surface area contributed by atoms with Crippen molar-refractivity contribution in [1.82, 2.24) is 9.55 Å². The fourth-order valence-electron chi connectivity index (χ4n) is 3.74. The second-order valence-electron chi connectivity index (χ2n) is 7.09. The molecular formula is C18H30N2O5. The molecule has 1 saturated carbocycles. The van der Waals surface area contributed by atoms with Gasteiger partial charge in [-0.15, -0.1) is 0 Å². The predicted octanol–water partition coefficient (Wildman–Crippen LogP) is 2.40. The van der Waals surface area contributed by atoms with Gasteiger partial charge in [0, 0.05) is 13.0 Å². The van der Waals surface area contributed by atoms with E-state index in [-0.39, 0.29) is 18.0 Å². The third kappa shape index (κ3) is 5.92. The van der Waals surface area contributed by atoms with Crippen molar-refractivity contribution in [3.05, 3.63) is 16.2 Å². The average Bonchev–Trinajstić information content (AvgIpc) is 3.17. The van der Waals surface area contributed by atoms with Crippen LogP contribution in [0.5, 0.6) is 5.88 Å². The van der Waals surface area contributed by atoms with Gasteiger partial charge in [-0.25, -0.2) is 4.79 Å². The van der Waals surface area contributed by atoms with Crippen molar-refractivity contribution < 1.29 is 20.1 Å². The number of aromatic hydroxyl groups is 1. The summed E-state index contributed by atoms with van der Waals surface area (Å²) in [4.78, 5) is 24.9. The Bertz CT molecular complexity index is 601. The van der Waals surface area contributed by atoms with Crippen LogP contribution >= 0.6 is 0 Å². The number of carbonyl (C=O) groups is 1. The Hall–Kier alpha value is -1.76. The number of aromatic amines is 1. The molecule has 2 rings (SSSR count). The Labute approximate surface area is 147 Å². The molecule has 7 heteroatoms. The first-order chi connectivity index (χ1) is 12.0. The molecule has 4 N–H and O–H groups in total. The third-order valence-corrected chi connectivity index (χ3v) is 5.22. The third-order valence-electron chi connectivity index (χ3n) is 5.22. The van der Waals surface area contributed by atoms with Gasteiger partial charge in [-0.05, 0) is 44.4 Å². The summed E-state index contributed by atoms with van der Waals surface area (Å²) in [6.45, 7) is 0.405. The minimum absolute atomic E-state index is 0.0918. The van der Waals surface area contributed by atoms with E-state index >= 15 is 0 Å². The average molecular weight is 354 g/mol. The van der Waals surface area contributed by atoms with E-state index in [0.717, 1.165) is 32.1 Å². The van der Waals surface area contributed by atoms with E-state index in [9.17, 15) is 19.8 Å². The summed E-state index contributed by atoms with van der Waals surface area (Å²) in [7, 11) is 0. The molecule has 1 atom stereocenters. The maximum atomic E-state index is 12.0. The first-order valence-electron chi connectivity index (χ1n) is 9.39. The van der Waals surface area contributed by atoms with Gasteiger partial charge >= 0.3 is 11.7 Å². The number of nitrogens with one attached hydrogen (secondary N) is 1. The standard InChI is InChI=1S/C18H30N2O5/c21-15(13-7-5-6-8-13)11-12-20-14(17(24)19-18(20)25)9-3-1-2-4-10-16(22)23/h13,15,21,24H,1-12H2,(H,19,25)(H,22,23). The number of carboxylic acid groups (broad SMARTS) is 1. The molecule has 0 spiro atoms. The molecule has 1 aromatic rings. The molecule has 0 radical (unpaired) electrons. The molecule has 0 bridgehead atoms. The summed E-state index contributed by atoms with van der Waals surface area (Å²) in [6, 6.07) is 0. The molecule has 7 nitrogen and oxygen atoms in total. The molecule has 1 heterocycles. The van der Waals surface area contributed by atoms with E-state index in [1.807, 2.05) is 0 Å². The van der Waals surface area contributed by atoms with Crippen LogP contribution in [0.1, 0.15) is 69.9 Å². The predicted molar refractivity (Wildman–Crippen MR) is 93.7 cm³/mol. The Morgan fingerprint density at radius 2 is 1.88 bits per heavy atom. The van der Waals surface area contributed by atoms with Gasteiger partial charge in [0.25, 0.3) is 0 Å². The smallest absolute Gasteiger partial charge is 0.328 e. The van der Waals surface area contributed by atoms with Crippen molar-refractivity contribution >= 4 is 5.97 Å². The molecule has 1 aromatic heterocycles. The van der Waals surface area contributed by atoms with E-state index in [1.54, 1.807) is 0 Å². The monoisotopic (exact) mass is 354 g/mol. The summed E-state index contributed by atoms with van der Waals surface area (Å²) in [5, 5.41) is 28.8. The lowest BCUT2D eigenvalue weighted by Gasteiger charge is -2.18. The van der Waals surface area contributed by atoms with Gasteiger partial charge in [0.15, 0.2) is 0 Å². The minimum atomic E-state index is -0.780. The molecular weight excluding hydrogens is 324 g/mol. The number of H-pyrrole nitrogens is 1. The Morgan fingerprint density at radius 3 is 2.56 bits per heavy atom. The molecule has 25 heavy (non-hydrogen) atoms. The van der Waals surface area contributed by atoms with Gasteiger partial charge in [-0.1, -0.05) is 25.7 Å². The topological polar surface area (TPSA) is 116 Å². The first kappa shape index (κ1) is 19.6. The van der Waals surface area contributed by atoms with E-state index < -0.39 is 12.1 Å². The number of carboxylic acids is 1. The quantitative estimate of drug-likeness (QED) is 0.455. The van der Waals surface area contributed by atoms with Crippen LogP contribution in [0, 0.1) is 5.92 Å². The summed E-state index contributed by atoms with van der Waals surface area (Å²) >= 11 is 0. The fraction of sp³-hybridized carbons (Fsp3) is 0.778. The molecule has 1 aliphatic rings. The number of rotatable bonds is 11. The maximum Gasteiger partial charge on any atom is 0.328 e. The lowest BCUT2D eigenvalue weighted by atomic mass is 9.98. The van der Waals surface area contributed by atoms with Gasteiger partial charge < -0.3 is 15.3 Å². The van der Waals surface area contributed by atoms with Gasteiger partial charge in [0.1, 0.15) is 0 Å². The van der Waals surface area contributed by atoms with E-state index in [0.29, 0.717) is 37.4 Å². The van der Waals surface area contributed by atoms with Gasteiger partial charge in [0.2, 0.25) is 5.88 Å². The number of aromatic nitrogens is 2. The lowest BCUT2D eigenvalue weighted by molar-refractivity contribution is -0.137. The molecule has 1 fully saturated rings. The molecule has 0 aromatic carbocycles. The van der Waals surface area contributed by atoms with E-state index in [1.165, 1.54) is 17.4 Å². The Balaban J connectivity index is 1.82. The van der Waals surface area contributed by atoms with Crippen LogP contribution in [0.2, 0.25) is 0 Å². The molecule has 1 unspecified atom stereocenters. The zero-order valence-corrected chi connectivity index (χ0v) is 14.7. The van der Waals surface area contributed by atoms with Crippen LogP contribution in [0.15, 0.2) is 4.79 Å². The van der Waals surface area contributed by atoms with Gasteiger partial charge in [-0.2, -0.15) is 0 Å². The minimum Gasteiger partial charge on any atom is -0.493 e. The highest BCUT2D eigenvalue weighted by atomic mass is 16.4. The summed E-state index contributed by atoms with van der Waals surface area (Å²) < 4.78 is 1.53. The highest BCUT2D eigenvalue weighted by Gasteiger charge is 2.23. The number of unbranched alkanes of at least 4 members (excludes halogenated alkanes) is 3. The van der Waals surface area contributed by atoms with Crippen molar-refractivity contribution in [3.8, 4) is 5.88 Å². The molecule has 142 valence electrons. The first-order valence-corrected chi connectivity index (χ1v) is 9.39. The number of aliphatic carboxylic acids is 1. The fourth-order valence-corrected chi connectivity index (χ4v) is 3.74. The molecule has 0 saturated heterocycles. The number of imidazole rings is 1. The number of hydrogen-bond donors (Lipinski definition) is 4. The van der Waals surface area contributed by atoms with Gasteiger partial charge in [-0.3, -0.25) is 14.3 Å². The van der Waals surface area contributed by atoms with Crippen LogP contribution in [0.4, 0.5) is 0 Å². The molecule has 1 aliphatic carbocycles. The summed E-state index contributed by atoms with van der Waals surface area (Å²) in [5.74, 6) is -0.537. The second kappa shape index (κ2) is 9.65. The van der Waals surface area contributed by atoms with Crippen LogP contribution in [0.25, 0.3) is 0 Å². The van der Waals surface area contributed by atoms with Crippen molar-refractivity contribution in [2.75, 3.05) is 0 Å². The highest BCUT2D eigenvalue weighted by Crippen LogP contribution is 2.29. The normalized spacial score (nSPS) is 16.4. The van der Waals surface area contributed by atoms with Crippen molar-refractivity contribution in [1.29, 1.82) is 0 Å². The molecule has 0 amide bonds. The highest BCUT2D eigenvalue weighted by molar-refractivity contribution is 5.66. The van der Waals surface area contributed by atoms with Crippen LogP contribution in [-0.2, 0) is 17.8 Å². The number of nitrogens with zero attached hydrogens (tertiary/aromatic N) is 1. The maximum absolute atomic E-state index is 12.0. The van der Waals surface area contributed by atoms with Crippen LogP contribution in [0.3, 0.4) is 0 Å². The summed E-state index contributed by atoms with van der Waals surface area (Å²) in [5.41, 5.74) is 0.249. The largest absolute Gasteiger partial charge is 0.493 e. The zero-order chi connectivity index (χ0) is 18.2. The van der Waals surface area contributed by atoms with Crippen molar-refractivity contribution in [2.24, 2.45) is 5.92 Å². The number of aliphatic hydroxyl groups is 1. The summed E-state index contributed by atoms with van der Waals surface area (Å²) in [6.07, 6.45) is 8.43. The van der Waals surface area contributed by atoms with Crippen molar-refractivity contribution in [3.63, 3.8) is 0 Å². The number of hydrogen-bond acceptors (Lipinski definition) is 4. The van der Waals surface area contributed by atoms with E-state index in [4.69, 9.17) is 5.11 Å². The second-order valence-corrected chi connectivity index (χ2v) is 7.09. The SMILES string of the molecule is O=C(O)CCCCCCc1c(O)[nH]c(=O)n1CCC(O)C1CCCC1. The van der Waals surface area contributed by atoms with Gasteiger partial charge in [0.05, 0.1) is 11.8 Å². The Kier molecular flexibility index (Phi) is 7.55. The Morgan fingerprint density at radius 1 is 1.20 bits per heavy atom. The van der Waals surface area contributed by atoms with Crippen molar-refractivity contribution in [2.45, 2.75) is 83.3 Å². The van der Waals surface area contributed by atoms with E-state index in [2.05, 4.69) is 4.98 Å². The molecule has 0 aliphatic heterocycles. The lowest BCUT2D eigenvalue weighted by Crippen LogP contribution is -2.25.